The Bertz CT molecular complexity index is 959. The van der Waals surface area contributed by atoms with Crippen LogP contribution < -0.4 is 0 Å². The number of hydrogen-bond donors (Lipinski definition) is 0. The summed E-state index contributed by atoms with van der Waals surface area (Å²) in [5, 5.41) is 0.686. The molecule has 0 saturated carbocycles. The Morgan fingerprint density at radius 2 is 1.44 bits per heavy atom. The van der Waals surface area contributed by atoms with Gasteiger partial charge in [0.2, 0.25) is 0 Å². The zero-order chi connectivity index (χ0) is 19.2. The van der Waals surface area contributed by atoms with E-state index in [1.165, 1.54) is 0 Å². The van der Waals surface area contributed by atoms with Gasteiger partial charge >= 0.3 is 0 Å². The molecule has 0 aliphatic rings. The predicted molar refractivity (Wildman–Crippen MR) is 113 cm³/mol. The number of benzene rings is 2. The lowest BCUT2D eigenvalue weighted by molar-refractivity contribution is 0.832. The van der Waals surface area contributed by atoms with Crippen molar-refractivity contribution in [3.05, 3.63) is 83.7 Å². The van der Waals surface area contributed by atoms with E-state index in [1.54, 1.807) is 0 Å². The zero-order valence-electron chi connectivity index (χ0n) is 15.7. The third kappa shape index (κ3) is 4.89. The van der Waals surface area contributed by atoms with Gasteiger partial charge in [-0.05, 0) is 37.1 Å². The quantitative estimate of drug-likeness (QED) is 0.479. The minimum Gasteiger partial charge on any atom is -0.208 e. The summed E-state index contributed by atoms with van der Waals surface area (Å²) < 4.78 is 0. The molecule has 3 nitrogen and oxygen atoms in total. The van der Waals surface area contributed by atoms with E-state index in [9.17, 15) is 0 Å². The molecule has 0 unspecified atom stereocenters. The molecule has 0 aliphatic carbocycles. The van der Waals surface area contributed by atoms with Gasteiger partial charge in [-0.25, -0.2) is 15.0 Å². The Kier molecular flexibility index (Phi) is 6.15. The average molecular weight is 376 g/mol. The Morgan fingerprint density at radius 1 is 0.852 bits per heavy atom. The molecule has 2 aromatic carbocycles. The molecule has 0 atom stereocenters. The van der Waals surface area contributed by atoms with Crippen molar-refractivity contribution >= 4 is 17.2 Å². The molecule has 136 valence electrons. The van der Waals surface area contributed by atoms with Crippen molar-refractivity contribution in [3.8, 4) is 22.8 Å². The molecule has 3 rings (SSSR count). The van der Waals surface area contributed by atoms with E-state index in [2.05, 4.69) is 19.9 Å². The van der Waals surface area contributed by atoms with Crippen molar-refractivity contribution in [2.75, 3.05) is 0 Å². The minimum atomic E-state index is 0.382. The van der Waals surface area contributed by atoms with Crippen LogP contribution in [0.1, 0.15) is 26.6 Å². The monoisotopic (exact) mass is 375 g/mol. The standard InChI is InChI=1S/C23H22ClN3/c1-4-8-19(15-16(2)3)23-26-21(17-9-6-5-7-10-17)25-22(27-23)18-11-13-20(24)14-12-18/h4-16H,1-3H3/b8-4-,19-15+. The zero-order valence-corrected chi connectivity index (χ0v) is 16.5. The second kappa shape index (κ2) is 8.74. The number of nitrogens with zero attached hydrogens (tertiary/aromatic N) is 3. The van der Waals surface area contributed by atoms with Crippen LogP contribution in [0.25, 0.3) is 28.3 Å². The van der Waals surface area contributed by atoms with E-state index in [0.29, 0.717) is 28.4 Å². The lowest BCUT2D eigenvalue weighted by Gasteiger charge is -2.10. The summed E-state index contributed by atoms with van der Waals surface area (Å²) in [6.07, 6.45) is 6.20. The molecule has 0 fully saturated rings. The number of allylic oxidation sites excluding steroid dienone is 4. The van der Waals surface area contributed by atoms with Crippen LogP contribution in [0, 0.1) is 5.92 Å². The largest absolute Gasteiger partial charge is 0.208 e. The van der Waals surface area contributed by atoms with Gasteiger partial charge in [-0.1, -0.05) is 74.0 Å². The summed E-state index contributed by atoms with van der Waals surface area (Å²) in [4.78, 5) is 14.2. The molecule has 0 radical (unpaired) electrons. The molecule has 1 aromatic heterocycles. The molecule has 0 N–H and O–H groups in total. The van der Waals surface area contributed by atoms with E-state index in [1.807, 2.05) is 73.7 Å². The summed E-state index contributed by atoms with van der Waals surface area (Å²) in [5.41, 5.74) is 2.85. The first kappa shape index (κ1) is 19.0. The summed E-state index contributed by atoms with van der Waals surface area (Å²) in [7, 11) is 0. The van der Waals surface area contributed by atoms with Crippen LogP contribution in [-0.4, -0.2) is 15.0 Å². The maximum absolute atomic E-state index is 6.04. The van der Waals surface area contributed by atoms with Crippen LogP contribution in [-0.2, 0) is 0 Å². The molecule has 0 amide bonds. The second-order valence-corrected chi connectivity index (χ2v) is 6.98. The topological polar surface area (TPSA) is 38.7 Å². The van der Waals surface area contributed by atoms with E-state index < -0.39 is 0 Å². The van der Waals surface area contributed by atoms with Crippen LogP contribution in [0.15, 0.2) is 72.8 Å². The summed E-state index contributed by atoms with van der Waals surface area (Å²) in [5.74, 6) is 2.34. The molecular formula is C23H22ClN3. The van der Waals surface area contributed by atoms with Gasteiger partial charge in [0.15, 0.2) is 17.5 Å². The number of halogens is 1. The van der Waals surface area contributed by atoms with Crippen LogP contribution in [0.2, 0.25) is 5.02 Å². The van der Waals surface area contributed by atoms with Crippen molar-refractivity contribution in [3.63, 3.8) is 0 Å². The number of hydrogen-bond acceptors (Lipinski definition) is 3. The summed E-state index contributed by atoms with van der Waals surface area (Å²) in [6, 6.07) is 17.5. The first-order valence-corrected chi connectivity index (χ1v) is 9.37. The Hall–Kier alpha value is -2.78. The summed E-state index contributed by atoms with van der Waals surface area (Å²) in [6.45, 7) is 6.28. The number of rotatable bonds is 5. The fraction of sp³-hybridized carbons (Fsp3) is 0.174. The molecule has 4 heteroatoms. The molecule has 0 bridgehead atoms. The van der Waals surface area contributed by atoms with Crippen molar-refractivity contribution in [1.82, 2.24) is 15.0 Å². The van der Waals surface area contributed by atoms with E-state index in [-0.39, 0.29) is 0 Å². The van der Waals surface area contributed by atoms with Crippen LogP contribution >= 0.6 is 11.6 Å². The van der Waals surface area contributed by atoms with E-state index >= 15 is 0 Å². The maximum Gasteiger partial charge on any atom is 0.164 e. The highest BCUT2D eigenvalue weighted by molar-refractivity contribution is 6.30. The SMILES string of the molecule is C/C=C\C(=C/C(C)C)c1nc(-c2ccccc2)nc(-c2ccc(Cl)cc2)n1. The van der Waals surface area contributed by atoms with Crippen LogP contribution in [0.5, 0.6) is 0 Å². The predicted octanol–water partition coefficient (Wildman–Crippen LogP) is 6.47. The maximum atomic E-state index is 6.04. The Labute approximate surface area is 165 Å². The van der Waals surface area contributed by atoms with Crippen molar-refractivity contribution < 1.29 is 0 Å². The highest BCUT2D eigenvalue weighted by Gasteiger charge is 2.12. The lowest BCUT2D eigenvalue weighted by Crippen LogP contribution is -2.03. The van der Waals surface area contributed by atoms with Gasteiger partial charge in [0, 0.05) is 21.7 Å². The van der Waals surface area contributed by atoms with Crippen molar-refractivity contribution in [2.24, 2.45) is 5.92 Å². The average Bonchev–Trinajstić information content (AvgIpc) is 2.68. The van der Waals surface area contributed by atoms with Gasteiger partial charge in [-0.3, -0.25) is 0 Å². The third-order valence-electron chi connectivity index (χ3n) is 3.89. The molecule has 3 aromatic rings. The fourth-order valence-corrected chi connectivity index (χ4v) is 2.82. The molecule has 0 saturated heterocycles. The van der Waals surface area contributed by atoms with Crippen molar-refractivity contribution in [2.45, 2.75) is 20.8 Å². The highest BCUT2D eigenvalue weighted by atomic mass is 35.5. The smallest absolute Gasteiger partial charge is 0.164 e. The first-order chi connectivity index (χ1) is 13.1. The molecular weight excluding hydrogens is 354 g/mol. The normalized spacial score (nSPS) is 12.1. The highest BCUT2D eigenvalue weighted by Crippen LogP contribution is 2.24. The van der Waals surface area contributed by atoms with Crippen LogP contribution in [0.3, 0.4) is 0 Å². The Morgan fingerprint density at radius 3 is 2.00 bits per heavy atom. The lowest BCUT2D eigenvalue weighted by atomic mass is 10.1. The van der Waals surface area contributed by atoms with Gasteiger partial charge in [0.1, 0.15) is 0 Å². The molecule has 0 aliphatic heterocycles. The fourth-order valence-electron chi connectivity index (χ4n) is 2.69. The molecule has 27 heavy (non-hydrogen) atoms. The third-order valence-corrected chi connectivity index (χ3v) is 4.14. The van der Waals surface area contributed by atoms with Crippen LogP contribution in [0.4, 0.5) is 0 Å². The van der Waals surface area contributed by atoms with Gasteiger partial charge in [0.25, 0.3) is 0 Å². The second-order valence-electron chi connectivity index (χ2n) is 6.55. The van der Waals surface area contributed by atoms with Gasteiger partial charge < -0.3 is 0 Å². The molecule has 1 heterocycles. The van der Waals surface area contributed by atoms with Crippen molar-refractivity contribution in [1.29, 1.82) is 0 Å². The van der Waals surface area contributed by atoms with E-state index in [4.69, 9.17) is 26.6 Å². The molecule has 0 spiro atoms. The van der Waals surface area contributed by atoms with Gasteiger partial charge in [0.05, 0.1) is 0 Å². The first-order valence-electron chi connectivity index (χ1n) is 8.99. The minimum absolute atomic E-state index is 0.382. The Balaban J connectivity index is 2.20. The number of aromatic nitrogens is 3. The summed E-state index contributed by atoms with van der Waals surface area (Å²) >= 11 is 6.04. The van der Waals surface area contributed by atoms with E-state index in [0.717, 1.165) is 16.7 Å². The van der Waals surface area contributed by atoms with Gasteiger partial charge in [-0.15, -0.1) is 0 Å². The van der Waals surface area contributed by atoms with Gasteiger partial charge in [-0.2, -0.15) is 0 Å².